The lowest BCUT2D eigenvalue weighted by molar-refractivity contribution is -0.130. The van der Waals surface area contributed by atoms with Crippen LogP contribution in [0.4, 0.5) is 10.1 Å². The van der Waals surface area contributed by atoms with Crippen LogP contribution in [0.25, 0.3) is 0 Å². The van der Waals surface area contributed by atoms with Gasteiger partial charge in [-0.3, -0.25) is 9.59 Å². The quantitative estimate of drug-likeness (QED) is 0.909. The second-order valence-corrected chi connectivity index (χ2v) is 7.20. The average Bonchev–Trinajstić information content (AvgIpc) is 3.06. The van der Waals surface area contributed by atoms with Gasteiger partial charge in [0.25, 0.3) is 5.91 Å². The lowest BCUT2D eigenvalue weighted by Gasteiger charge is -2.36. The number of nitrogens with zero attached hydrogens (tertiary/aromatic N) is 2. The molecular weight excluding hydrogens is 341 g/mol. The number of anilines is 1. The molecule has 1 aliphatic rings. The number of nitrogens with one attached hydrogen (secondary N) is 1. The first-order valence-corrected chi connectivity index (χ1v) is 8.98. The molecule has 1 fully saturated rings. The molecule has 1 saturated heterocycles. The Morgan fingerprint density at radius 1 is 1.12 bits per heavy atom. The van der Waals surface area contributed by atoms with Crippen LogP contribution in [0.1, 0.15) is 14.5 Å². The molecule has 0 unspecified atom stereocenters. The van der Waals surface area contributed by atoms with E-state index >= 15 is 0 Å². The predicted octanol–water partition coefficient (Wildman–Crippen LogP) is 2.27. The van der Waals surface area contributed by atoms with Gasteiger partial charge in [0.2, 0.25) is 5.91 Å². The van der Waals surface area contributed by atoms with E-state index in [4.69, 9.17) is 0 Å². The molecule has 2 amide bonds. The molecule has 0 bridgehead atoms. The van der Waals surface area contributed by atoms with Crippen molar-refractivity contribution in [3.05, 3.63) is 52.0 Å². The molecule has 25 heavy (non-hydrogen) atoms. The number of piperazine rings is 1. The van der Waals surface area contributed by atoms with E-state index in [9.17, 15) is 14.0 Å². The molecule has 0 aliphatic carbocycles. The van der Waals surface area contributed by atoms with Crippen molar-refractivity contribution in [3.63, 3.8) is 0 Å². The number of hydrogen-bond donors (Lipinski definition) is 1. The fraction of sp³-hybridized carbons (Fsp3) is 0.333. The first kappa shape index (κ1) is 17.4. The number of benzene rings is 1. The van der Waals surface area contributed by atoms with Gasteiger partial charge in [-0.1, -0.05) is 12.1 Å². The van der Waals surface area contributed by atoms with Crippen LogP contribution < -0.4 is 10.2 Å². The fourth-order valence-electron chi connectivity index (χ4n) is 2.82. The van der Waals surface area contributed by atoms with Gasteiger partial charge in [0.15, 0.2) is 0 Å². The zero-order valence-corrected chi connectivity index (χ0v) is 14.8. The minimum absolute atomic E-state index is 0.0184. The van der Waals surface area contributed by atoms with Gasteiger partial charge in [0.1, 0.15) is 5.82 Å². The van der Waals surface area contributed by atoms with Crippen LogP contribution in [0.2, 0.25) is 0 Å². The molecule has 0 radical (unpaired) electrons. The van der Waals surface area contributed by atoms with Crippen LogP contribution in [-0.2, 0) is 4.79 Å². The zero-order valence-electron chi connectivity index (χ0n) is 14.0. The zero-order chi connectivity index (χ0) is 17.8. The molecule has 0 atom stereocenters. The van der Waals surface area contributed by atoms with E-state index < -0.39 is 0 Å². The third-order valence-electron chi connectivity index (χ3n) is 4.19. The van der Waals surface area contributed by atoms with Crippen LogP contribution in [0.15, 0.2) is 36.4 Å². The van der Waals surface area contributed by atoms with Crippen molar-refractivity contribution in [1.29, 1.82) is 0 Å². The summed E-state index contributed by atoms with van der Waals surface area (Å²) in [5, 5.41) is 2.67. The van der Waals surface area contributed by atoms with Gasteiger partial charge >= 0.3 is 0 Å². The summed E-state index contributed by atoms with van der Waals surface area (Å²) in [6.07, 6.45) is 0. The highest BCUT2D eigenvalue weighted by molar-refractivity contribution is 7.13. The molecule has 0 saturated carbocycles. The van der Waals surface area contributed by atoms with Gasteiger partial charge in [0.05, 0.1) is 17.1 Å². The number of halogens is 1. The van der Waals surface area contributed by atoms with Gasteiger partial charge in [-0.15, -0.1) is 11.3 Å². The van der Waals surface area contributed by atoms with Crippen LogP contribution >= 0.6 is 11.3 Å². The minimum Gasteiger partial charge on any atom is -0.366 e. The molecule has 0 spiro atoms. The monoisotopic (exact) mass is 361 g/mol. The number of hydrogen-bond acceptors (Lipinski definition) is 4. The summed E-state index contributed by atoms with van der Waals surface area (Å²) in [7, 11) is 0. The van der Waals surface area contributed by atoms with Gasteiger partial charge in [-0.2, -0.15) is 0 Å². The maximum absolute atomic E-state index is 13.8. The topological polar surface area (TPSA) is 52.7 Å². The summed E-state index contributed by atoms with van der Waals surface area (Å²) in [4.78, 5) is 29.6. The Morgan fingerprint density at radius 2 is 1.84 bits per heavy atom. The Balaban J connectivity index is 1.48. The molecule has 7 heteroatoms. The number of thiophene rings is 1. The summed E-state index contributed by atoms with van der Waals surface area (Å²) in [6.45, 7) is 4.09. The lowest BCUT2D eigenvalue weighted by atomic mass is 10.2. The molecule has 1 N–H and O–H groups in total. The smallest absolute Gasteiger partial charge is 0.261 e. The number of carbonyl (C=O) groups excluding carboxylic acids is 2. The largest absolute Gasteiger partial charge is 0.366 e. The highest BCUT2D eigenvalue weighted by atomic mass is 32.1. The lowest BCUT2D eigenvalue weighted by Crippen LogP contribution is -2.51. The molecule has 5 nitrogen and oxygen atoms in total. The Bertz CT molecular complexity index is 769. The molecule has 3 rings (SSSR count). The second-order valence-electron chi connectivity index (χ2n) is 5.91. The van der Waals surface area contributed by atoms with Gasteiger partial charge in [-0.05, 0) is 31.2 Å². The van der Waals surface area contributed by atoms with Crippen molar-refractivity contribution < 1.29 is 14.0 Å². The number of para-hydroxylation sites is 1. The Kier molecular flexibility index (Phi) is 5.33. The van der Waals surface area contributed by atoms with Crippen molar-refractivity contribution in [2.45, 2.75) is 6.92 Å². The molecular formula is C18H20FN3O2S. The second kappa shape index (κ2) is 7.65. The van der Waals surface area contributed by atoms with Crippen molar-refractivity contribution in [2.24, 2.45) is 0 Å². The van der Waals surface area contributed by atoms with Crippen molar-refractivity contribution in [1.82, 2.24) is 10.2 Å². The minimum atomic E-state index is -0.249. The highest BCUT2D eigenvalue weighted by Gasteiger charge is 2.23. The van der Waals surface area contributed by atoms with Crippen LogP contribution in [0.5, 0.6) is 0 Å². The van der Waals surface area contributed by atoms with E-state index in [0.29, 0.717) is 36.7 Å². The molecule has 1 aromatic carbocycles. The summed E-state index contributed by atoms with van der Waals surface area (Å²) < 4.78 is 13.8. The third-order valence-corrected chi connectivity index (χ3v) is 5.19. The fourth-order valence-corrected chi connectivity index (χ4v) is 3.60. The number of aryl methyl sites for hydroxylation is 1. The van der Waals surface area contributed by atoms with Crippen LogP contribution in [0, 0.1) is 12.7 Å². The van der Waals surface area contributed by atoms with E-state index in [-0.39, 0.29) is 24.2 Å². The van der Waals surface area contributed by atoms with E-state index in [1.54, 1.807) is 29.2 Å². The van der Waals surface area contributed by atoms with E-state index in [2.05, 4.69) is 5.32 Å². The maximum Gasteiger partial charge on any atom is 0.261 e. The summed E-state index contributed by atoms with van der Waals surface area (Å²) in [6, 6.07) is 10.3. The molecule has 1 aliphatic heterocycles. The Morgan fingerprint density at radius 3 is 2.48 bits per heavy atom. The van der Waals surface area contributed by atoms with Gasteiger partial charge in [0, 0.05) is 31.1 Å². The predicted molar refractivity (Wildman–Crippen MR) is 96.6 cm³/mol. The SMILES string of the molecule is Cc1ccc(C(=O)NCC(=O)N2CCN(c3ccccc3F)CC2)s1. The van der Waals surface area contributed by atoms with Crippen molar-refractivity contribution in [2.75, 3.05) is 37.6 Å². The first-order chi connectivity index (χ1) is 12.0. The molecule has 2 heterocycles. The number of rotatable bonds is 4. The normalized spacial score (nSPS) is 14.5. The highest BCUT2D eigenvalue weighted by Crippen LogP contribution is 2.20. The van der Waals surface area contributed by atoms with E-state index in [1.165, 1.54) is 17.4 Å². The average molecular weight is 361 g/mol. The Labute approximate surface area is 150 Å². The van der Waals surface area contributed by atoms with E-state index in [0.717, 1.165) is 4.88 Å². The van der Waals surface area contributed by atoms with E-state index in [1.807, 2.05) is 17.9 Å². The first-order valence-electron chi connectivity index (χ1n) is 8.16. The van der Waals surface area contributed by atoms with Crippen LogP contribution in [0.3, 0.4) is 0 Å². The summed E-state index contributed by atoms with van der Waals surface area (Å²) in [5.74, 6) is -0.591. The standard InChI is InChI=1S/C18H20FN3O2S/c1-13-6-7-16(25-13)18(24)20-12-17(23)22-10-8-21(9-11-22)15-5-3-2-4-14(15)19/h2-7H,8-12H2,1H3,(H,20,24). The third kappa shape index (κ3) is 4.17. The number of carbonyl (C=O) groups is 2. The van der Waals surface area contributed by atoms with Gasteiger partial charge < -0.3 is 15.1 Å². The van der Waals surface area contributed by atoms with Crippen molar-refractivity contribution in [3.8, 4) is 0 Å². The van der Waals surface area contributed by atoms with Crippen LogP contribution in [-0.4, -0.2) is 49.4 Å². The van der Waals surface area contributed by atoms with Crippen molar-refractivity contribution >= 4 is 28.8 Å². The summed E-state index contributed by atoms with van der Waals surface area (Å²) in [5.41, 5.74) is 0.566. The number of amides is 2. The maximum atomic E-state index is 13.8. The molecule has 1 aromatic heterocycles. The summed E-state index contributed by atoms with van der Waals surface area (Å²) >= 11 is 1.40. The Hall–Kier alpha value is -2.41. The van der Waals surface area contributed by atoms with Gasteiger partial charge in [-0.25, -0.2) is 4.39 Å². The molecule has 132 valence electrons. The molecule has 2 aromatic rings.